The fraction of sp³-hybridized carbons (Fsp3) is 0.462. The van der Waals surface area contributed by atoms with E-state index in [-0.39, 0.29) is 24.2 Å². The number of aliphatic carboxylic acids is 1. The minimum Gasteiger partial charge on any atom is -0.481 e. The van der Waals surface area contributed by atoms with Crippen molar-refractivity contribution in [1.82, 2.24) is 0 Å². The molecule has 2 N–H and O–H groups in total. The smallest absolute Gasteiger partial charge is 0.304 e. The first-order valence-corrected chi connectivity index (χ1v) is 6.67. The van der Waals surface area contributed by atoms with Crippen LogP contribution in [-0.2, 0) is 4.79 Å². The van der Waals surface area contributed by atoms with Gasteiger partial charge in [0, 0.05) is 11.9 Å². The summed E-state index contributed by atoms with van der Waals surface area (Å²) in [5.74, 6) is 0.173. The van der Waals surface area contributed by atoms with Crippen LogP contribution in [0.4, 0.5) is 0 Å². The zero-order valence-electron chi connectivity index (χ0n) is 9.87. The number of aliphatic hydroxyl groups excluding tert-OH is 1. The highest BCUT2D eigenvalue weighted by atomic mass is 32.2. The number of rotatable bonds is 7. The minimum absolute atomic E-state index is 0.0392. The van der Waals surface area contributed by atoms with Gasteiger partial charge in [-0.1, -0.05) is 37.3 Å². The van der Waals surface area contributed by atoms with Gasteiger partial charge in [0.05, 0.1) is 6.42 Å². The van der Waals surface area contributed by atoms with E-state index in [1.807, 2.05) is 37.3 Å². The highest BCUT2D eigenvalue weighted by molar-refractivity contribution is 7.99. The van der Waals surface area contributed by atoms with E-state index >= 15 is 0 Å². The van der Waals surface area contributed by atoms with Gasteiger partial charge in [0.1, 0.15) is 0 Å². The highest BCUT2D eigenvalue weighted by Gasteiger charge is 2.16. The van der Waals surface area contributed by atoms with Gasteiger partial charge in [-0.15, -0.1) is 0 Å². The van der Waals surface area contributed by atoms with Crippen molar-refractivity contribution in [2.45, 2.75) is 18.6 Å². The molecule has 94 valence electrons. The largest absolute Gasteiger partial charge is 0.481 e. The van der Waals surface area contributed by atoms with Crippen molar-refractivity contribution in [3.8, 4) is 0 Å². The van der Waals surface area contributed by atoms with Crippen molar-refractivity contribution in [3.63, 3.8) is 0 Å². The lowest BCUT2D eigenvalue weighted by Gasteiger charge is -2.17. The van der Waals surface area contributed by atoms with Crippen LogP contribution in [0.1, 0.15) is 24.2 Å². The maximum atomic E-state index is 10.8. The van der Waals surface area contributed by atoms with Crippen LogP contribution in [0.3, 0.4) is 0 Å². The number of thioether (sulfide) groups is 1. The van der Waals surface area contributed by atoms with Gasteiger partial charge in [-0.05, 0) is 17.2 Å². The summed E-state index contributed by atoms with van der Waals surface area (Å²) in [6.07, 6.45) is 0.118. The zero-order valence-corrected chi connectivity index (χ0v) is 10.7. The molecule has 1 aromatic carbocycles. The molecule has 0 aromatic heterocycles. The average molecular weight is 254 g/mol. The first-order valence-electron chi connectivity index (χ1n) is 5.62. The summed E-state index contributed by atoms with van der Waals surface area (Å²) in [5, 5.41) is 17.8. The van der Waals surface area contributed by atoms with Gasteiger partial charge < -0.3 is 10.2 Å². The fourth-order valence-corrected chi connectivity index (χ4v) is 2.71. The fourth-order valence-electron chi connectivity index (χ4n) is 1.43. The number of carboxylic acid groups (broad SMARTS) is 1. The van der Waals surface area contributed by atoms with Crippen LogP contribution in [0.2, 0.25) is 0 Å². The molecule has 0 fully saturated rings. The van der Waals surface area contributed by atoms with Crippen LogP contribution in [0.5, 0.6) is 0 Å². The molecule has 4 heteroatoms. The first-order chi connectivity index (χ1) is 8.13. The van der Waals surface area contributed by atoms with Crippen LogP contribution in [0.25, 0.3) is 0 Å². The Balaban J connectivity index is 2.64. The number of carboxylic acids is 1. The Morgan fingerprint density at radius 1 is 1.35 bits per heavy atom. The molecule has 2 unspecified atom stereocenters. The third-order valence-corrected chi connectivity index (χ3v) is 4.03. The summed E-state index contributed by atoms with van der Waals surface area (Å²) >= 11 is 1.59. The van der Waals surface area contributed by atoms with Crippen molar-refractivity contribution >= 4 is 17.7 Å². The molecule has 0 amide bonds. The molecule has 2 atom stereocenters. The third-order valence-electron chi connectivity index (χ3n) is 2.42. The van der Waals surface area contributed by atoms with Gasteiger partial charge in [0.25, 0.3) is 0 Å². The van der Waals surface area contributed by atoms with Crippen molar-refractivity contribution in [3.05, 3.63) is 35.9 Å². The van der Waals surface area contributed by atoms with Crippen LogP contribution in [0.15, 0.2) is 30.3 Å². The molecule has 1 rings (SSSR count). The summed E-state index contributed by atoms with van der Waals surface area (Å²) in [7, 11) is 0. The second-order valence-electron chi connectivity index (χ2n) is 4.12. The number of aliphatic hydroxyl groups is 1. The Bertz CT molecular complexity index is 340. The van der Waals surface area contributed by atoms with Crippen LogP contribution < -0.4 is 0 Å². The van der Waals surface area contributed by atoms with Gasteiger partial charge >= 0.3 is 5.97 Å². The molecule has 0 aliphatic carbocycles. The van der Waals surface area contributed by atoms with Crippen molar-refractivity contribution in [1.29, 1.82) is 0 Å². The summed E-state index contributed by atoms with van der Waals surface area (Å²) in [4.78, 5) is 10.8. The lowest BCUT2D eigenvalue weighted by atomic mass is 10.1. The normalized spacial score (nSPS) is 14.2. The molecule has 0 heterocycles. The highest BCUT2D eigenvalue weighted by Crippen LogP contribution is 2.33. The van der Waals surface area contributed by atoms with E-state index < -0.39 is 5.97 Å². The maximum Gasteiger partial charge on any atom is 0.304 e. The SMILES string of the molecule is CC(CO)CSC(CC(=O)O)c1ccccc1. The number of carbonyl (C=O) groups is 1. The molecule has 0 radical (unpaired) electrons. The van der Waals surface area contributed by atoms with Gasteiger partial charge in [-0.25, -0.2) is 0 Å². The molecule has 17 heavy (non-hydrogen) atoms. The van der Waals surface area contributed by atoms with Crippen molar-refractivity contribution in [2.24, 2.45) is 5.92 Å². The van der Waals surface area contributed by atoms with E-state index in [9.17, 15) is 4.79 Å². The summed E-state index contributed by atoms with van der Waals surface area (Å²) in [5.41, 5.74) is 1.03. The molecule has 0 bridgehead atoms. The molecule has 3 nitrogen and oxygen atoms in total. The van der Waals surface area contributed by atoms with Crippen molar-refractivity contribution in [2.75, 3.05) is 12.4 Å². The summed E-state index contributed by atoms with van der Waals surface area (Å²) < 4.78 is 0. The van der Waals surface area contributed by atoms with Gasteiger partial charge in [0.15, 0.2) is 0 Å². The zero-order chi connectivity index (χ0) is 12.7. The predicted molar refractivity (Wildman–Crippen MR) is 70.1 cm³/mol. The molecular weight excluding hydrogens is 236 g/mol. The molecule has 1 aromatic rings. The summed E-state index contributed by atoms with van der Waals surface area (Å²) in [6, 6.07) is 9.65. The Kier molecular flexibility index (Phi) is 6.08. The topological polar surface area (TPSA) is 57.5 Å². The second-order valence-corrected chi connectivity index (χ2v) is 5.35. The molecule has 0 saturated carbocycles. The number of hydrogen-bond acceptors (Lipinski definition) is 3. The Hall–Kier alpha value is -1.00. The van der Waals surface area contributed by atoms with Gasteiger partial charge in [-0.2, -0.15) is 11.8 Å². The van der Waals surface area contributed by atoms with E-state index in [4.69, 9.17) is 10.2 Å². The Morgan fingerprint density at radius 2 is 2.00 bits per heavy atom. The lowest BCUT2D eigenvalue weighted by Crippen LogP contribution is -2.08. The van der Waals surface area contributed by atoms with E-state index in [1.54, 1.807) is 11.8 Å². The second kappa shape index (κ2) is 7.35. The Morgan fingerprint density at radius 3 is 2.53 bits per heavy atom. The molecule has 0 saturated heterocycles. The predicted octanol–water partition coefficient (Wildman–Crippen LogP) is 2.56. The molecule has 0 aliphatic heterocycles. The van der Waals surface area contributed by atoms with Crippen LogP contribution in [-0.4, -0.2) is 28.5 Å². The molecule has 0 spiro atoms. The quantitative estimate of drug-likeness (QED) is 0.785. The van der Waals surface area contributed by atoms with E-state index in [1.165, 1.54) is 0 Å². The van der Waals surface area contributed by atoms with E-state index in [0.717, 1.165) is 11.3 Å². The molecule has 0 aliphatic rings. The van der Waals surface area contributed by atoms with Crippen LogP contribution in [0, 0.1) is 5.92 Å². The summed E-state index contributed by atoms with van der Waals surface area (Å²) in [6.45, 7) is 2.09. The minimum atomic E-state index is -0.789. The Labute approximate surface area is 106 Å². The van der Waals surface area contributed by atoms with Gasteiger partial charge in [-0.3, -0.25) is 4.79 Å². The first kappa shape index (κ1) is 14.1. The van der Waals surface area contributed by atoms with Crippen LogP contribution >= 0.6 is 11.8 Å². The third kappa shape index (κ3) is 5.24. The molecular formula is C13H18O3S. The monoisotopic (exact) mass is 254 g/mol. The van der Waals surface area contributed by atoms with E-state index in [2.05, 4.69) is 0 Å². The average Bonchev–Trinajstić information content (AvgIpc) is 2.34. The standard InChI is InChI=1S/C13H18O3S/c1-10(8-14)9-17-12(7-13(15)16)11-5-3-2-4-6-11/h2-6,10,12,14H,7-9H2,1H3,(H,15,16). The van der Waals surface area contributed by atoms with Crippen molar-refractivity contribution < 1.29 is 15.0 Å². The van der Waals surface area contributed by atoms with E-state index in [0.29, 0.717) is 0 Å². The lowest BCUT2D eigenvalue weighted by molar-refractivity contribution is -0.137. The maximum absolute atomic E-state index is 10.8. The number of hydrogen-bond donors (Lipinski definition) is 2. The number of benzene rings is 1. The van der Waals surface area contributed by atoms with Gasteiger partial charge in [0.2, 0.25) is 0 Å².